The summed E-state index contributed by atoms with van der Waals surface area (Å²) in [7, 11) is 3.74. The van der Waals surface area contributed by atoms with Gasteiger partial charge in [0.2, 0.25) is 0 Å². The summed E-state index contributed by atoms with van der Waals surface area (Å²) in [6.45, 7) is 2.83. The first-order chi connectivity index (χ1) is 10.1. The molecule has 0 spiro atoms. The molecule has 1 heterocycles. The number of hydrogen-bond donors (Lipinski definition) is 0. The van der Waals surface area contributed by atoms with E-state index >= 15 is 0 Å². The Labute approximate surface area is 125 Å². The van der Waals surface area contributed by atoms with Crippen LogP contribution in [0.25, 0.3) is 0 Å². The summed E-state index contributed by atoms with van der Waals surface area (Å²) in [6.07, 6.45) is 1.61. The predicted molar refractivity (Wildman–Crippen MR) is 81.7 cm³/mol. The van der Waals surface area contributed by atoms with Crippen LogP contribution in [0.5, 0.6) is 5.75 Å². The van der Waals surface area contributed by atoms with Crippen molar-refractivity contribution in [1.29, 1.82) is 0 Å². The number of para-hydroxylation sites is 1. The van der Waals surface area contributed by atoms with Crippen molar-refractivity contribution in [3.63, 3.8) is 0 Å². The monoisotopic (exact) mass is 287 g/mol. The van der Waals surface area contributed by atoms with E-state index in [2.05, 4.69) is 17.9 Å². The number of rotatable bonds is 7. The summed E-state index contributed by atoms with van der Waals surface area (Å²) in [4.78, 5) is 12.8. The van der Waals surface area contributed by atoms with Crippen LogP contribution in [0.1, 0.15) is 28.8 Å². The Hall–Kier alpha value is -2.07. The van der Waals surface area contributed by atoms with Crippen LogP contribution in [0, 0.1) is 0 Å². The molecule has 0 aliphatic rings. The average molecular weight is 287 g/mol. The van der Waals surface area contributed by atoms with Gasteiger partial charge in [0.25, 0.3) is 0 Å². The van der Waals surface area contributed by atoms with Gasteiger partial charge in [-0.1, -0.05) is 18.2 Å². The minimum atomic E-state index is 0.325. The summed E-state index contributed by atoms with van der Waals surface area (Å²) in [5.74, 6) is 2.08. The molecule has 112 valence electrons. The van der Waals surface area contributed by atoms with Crippen LogP contribution in [0.2, 0.25) is 0 Å². The van der Waals surface area contributed by atoms with E-state index < -0.39 is 0 Å². The lowest BCUT2D eigenvalue weighted by atomic mass is 10.1. The van der Waals surface area contributed by atoms with E-state index in [1.807, 2.05) is 31.3 Å². The van der Waals surface area contributed by atoms with E-state index in [1.165, 1.54) is 5.56 Å². The average Bonchev–Trinajstić information content (AvgIpc) is 2.95. The maximum atomic E-state index is 10.6. The molecule has 0 aliphatic heterocycles. The highest BCUT2D eigenvalue weighted by atomic mass is 16.5. The van der Waals surface area contributed by atoms with Gasteiger partial charge in [0, 0.05) is 6.04 Å². The van der Waals surface area contributed by atoms with E-state index in [0.29, 0.717) is 18.3 Å². The normalized spacial score (nSPS) is 12.4. The van der Waals surface area contributed by atoms with Crippen LogP contribution in [0.4, 0.5) is 0 Å². The lowest BCUT2D eigenvalue weighted by molar-refractivity contribution is 0.109. The molecule has 0 bridgehead atoms. The number of carbonyl (C=O) groups excluding carboxylic acids is 1. The number of carbonyl (C=O) groups is 1. The van der Waals surface area contributed by atoms with E-state index in [9.17, 15) is 4.79 Å². The highest BCUT2D eigenvalue weighted by Gasteiger charge is 2.14. The van der Waals surface area contributed by atoms with Crippen LogP contribution >= 0.6 is 0 Å². The summed E-state index contributed by atoms with van der Waals surface area (Å²) in [5, 5.41) is 0. The zero-order valence-corrected chi connectivity index (χ0v) is 12.7. The second kappa shape index (κ2) is 7.09. The number of aldehydes is 1. The van der Waals surface area contributed by atoms with Crippen LogP contribution in [0.3, 0.4) is 0 Å². The maximum absolute atomic E-state index is 10.6. The highest BCUT2D eigenvalue weighted by Crippen LogP contribution is 2.21. The Morgan fingerprint density at radius 2 is 2.05 bits per heavy atom. The molecule has 1 atom stereocenters. The predicted octanol–water partition coefficient (Wildman–Crippen LogP) is 3.16. The van der Waals surface area contributed by atoms with Gasteiger partial charge in [-0.15, -0.1) is 0 Å². The molecule has 2 aromatic rings. The van der Waals surface area contributed by atoms with Gasteiger partial charge >= 0.3 is 0 Å². The second-order valence-corrected chi connectivity index (χ2v) is 5.20. The molecular formula is C17H21NO3. The van der Waals surface area contributed by atoms with Gasteiger partial charge in [0.1, 0.15) is 11.5 Å². The Morgan fingerprint density at radius 1 is 1.29 bits per heavy atom. The smallest absolute Gasteiger partial charge is 0.185 e. The van der Waals surface area contributed by atoms with Gasteiger partial charge < -0.3 is 9.15 Å². The number of hydrogen-bond acceptors (Lipinski definition) is 4. The Balaban J connectivity index is 1.98. The quantitative estimate of drug-likeness (QED) is 0.734. The van der Waals surface area contributed by atoms with E-state index in [-0.39, 0.29) is 0 Å². The van der Waals surface area contributed by atoms with Crippen LogP contribution in [-0.2, 0) is 13.0 Å². The van der Waals surface area contributed by atoms with Gasteiger partial charge in [0.15, 0.2) is 12.0 Å². The first kappa shape index (κ1) is 15.3. The molecule has 1 unspecified atom stereocenters. The molecule has 0 radical (unpaired) electrons. The molecule has 0 amide bonds. The zero-order valence-electron chi connectivity index (χ0n) is 12.7. The summed E-state index contributed by atoms with van der Waals surface area (Å²) in [5.41, 5.74) is 1.19. The van der Waals surface area contributed by atoms with Crippen LogP contribution in [-0.4, -0.2) is 31.4 Å². The van der Waals surface area contributed by atoms with Crippen molar-refractivity contribution < 1.29 is 13.9 Å². The zero-order chi connectivity index (χ0) is 15.2. The van der Waals surface area contributed by atoms with Crippen molar-refractivity contribution in [1.82, 2.24) is 4.90 Å². The molecular weight excluding hydrogens is 266 g/mol. The summed E-state index contributed by atoms with van der Waals surface area (Å²) < 4.78 is 10.8. The molecule has 21 heavy (non-hydrogen) atoms. The lowest BCUT2D eigenvalue weighted by Gasteiger charge is -2.24. The molecule has 4 heteroatoms. The minimum absolute atomic E-state index is 0.325. The summed E-state index contributed by atoms with van der Waals surface area (Å²) in [6, 6.07) is 11.9. The first-order valence-corrected chi connectivity index (χ1v) is 7.00. The largest absolute Gasteiger partial charge is 0.496 e. The molecule has 0 N–H and O–H groups in total. The van der Waals surface area contributed by atoms with Crippen molar-refractivity contribution in [3.05, 3.63) is 53.5 Å². The number of likely N-dealkylation sites (N-methyl/N-ethyl adjacent to an activating group) is 1. The SMILES string of the molecule is COc1ccccc1CC(C)N(C)Cc1ccc(C=O)o1. The standard InChI is InChI=1S/C17H21NO3/c1-13(10-14-6-4-5-7-17(14)20-3)18(2)11-15-8-9-16(12-19)21-15/h4-9,12-13H,10-11H2,1-3H3. The van der Waals surface area contributed by atoms with E-state index in [1.54, 1.807) is 13.2 Å². The third-order valence-corrected chi connectivity index (χ3v) is 3.66. The number of benzene rings is 1. The van der Waals surface area contributed by atoms with Gasteiger partial charge in [-0.2, -0.15) is 0 Å². The third-order valence-electron chi connectivity index (χ3n) is 3.66. The molecule has 0 saturated carbocycles. The molecule has 1 aromatic heterocycles. The molecule has 1 aromatic carbocycles. The fourth-order valence-electron chi connectivity index (χ4n) is 2.29. The third kappa shape index (κ3) is 3.95. The second-order valence-electron chi connectivity index (χ2n) is 5.20. The topological polar surface area (TPSA) is 42.7 Å². The van der Waals surface area contributed by atoms with E-state index in [4.69, 9.17) is 9.15 Å². The van der Waals surface area contributed by atoms with Gasteiger partial charge in [-0.3, -0.25) is 9.69 Å². The number of ether oxygens (including phenoxy) is 1. The van der Waals surface area contributed by atoms with Crippen molar-refractivity contribution in [3.8, 4) is 5.75 Å². The molecule has 0 fully saturated rings. The van der Waals surface area contributed by atoms with E-state index in [0.717, 1.165) is 24.2 Å². The van der Waals surface area contributed by atoms with Crippen molar-refractivity contribution in [2.75, 3.05) is 14.2 Å². The molecule has 2 rings (SSSR count). The van der Waals surface area contributed by atoms with Gasteiger partial charge in [-0.05, 0) is 44.2 Å². The number of methoxy groups -OCH3 is 1. The van der Waals surface area contributed by atoms with Crippen molar-refractivity contribution >= 4 is 6.29 Å². The Morgan fingerprint density at radius 3 is 2.71 bits per heavy atom. The van der Waals surface area contributed by atoms with Crippen LogP contribution in [0.15, 0.2) is 40.8 Å². The fourth-order valence-corrected chi connectivity index (χ4v) is 2.29. The first-order valence-electron chi connectivity index (χ1n) is 7.00. The van der Waals surface area contributed by atoms with Gasteiger partial charge in [0.05, 0.1) is 13.7 Å². The van der Waals surface area contributed by atoms with Crippen LogP contribution < -0.4 is 4.74 Å². The number of nitrogens with zero attached hydrogens (tertiary/aromatic N) is 1. The summed E-state index contributed by atoms with van der Waals surface area (Å²) >= 11 is 0. The Kier molecular flexibility index (Phi) is 5.17. The highest BCUT2D eigenvalue weighted by molar-refractivity contribution is 5.70. The minimum Gasteiger partial charge on any atom is -0.496 e. The molecule has 0 aliphatic carbocycles. The fraction of sp³-hybridized carbons (Fsp3) is 0.353. The lowest BCUT2D eigenvalue weighted by Crippen LogP contribution is -2.30. The maximum Gasteiger partial charge on any atom is 0.185 e. The van der Waals surface area contributed by atoms with Crippen molar-refractivity contribution in [2.24, 2.45) is 0 Å². The Bertz CT molecular complexity index is 591. The molecule has 4 nitrogen and oxygen atoms in total. The van der Waals surface area contributed by atoms with Gasteiger partial charge in [-0.25, -0.2) is 0 Å². The van der Waals surface area contributed by atoms with Crippen molar-refractivity contribution in [2.45, 2.75) is 25.9 Å². The number of furan rings is 1. The molecule has 0 saturated heterocycles.